The number of ether oxygens (including phenoxy) is 2. The molecule has 1 aromatic carbocycles. The number of aliphatic imine (C=N–C) groups is 1. The van der Waals surface area contributed by atoms with Crippen LogP contribution < -0.4 is 0 Å². The molecule has 0 saturated heterocycles. The second-order valence-corrected chi connectivity index (χ2v) is 9.25. The Morgan fingerprint density at radius 1 is 1.00 bits per heavy atom. The second-order valence-electron chi connectivity index (χ2n) is 9.25. The summed E-state index contributed by atoms with van der Waals surface area (Å²) in [6, 6.07) is 9.05. The maximum Gasteiger partial charge on any atom is 0.331 e. The summed E-state index contributed by atoms with van der Waals surface area (Å²) in [5.41, 5.74) is 0.849. The molecule has 0 saturated carbocycles. The van der Waals surface area contributed by atoms with E-state index in [-0.39, 0.29) is 23.7 Å². The van der Waals surface area contributed by atoms with Crippen molar-refractivity contribution < 1.29 is 19.1 Å². The molecule has 29 heavy (non-hydrogen) atoms. The zero-order valence-corrected chi connectivity index (χ0v) is 19.2. The Bertz CT molecular complexity index is 696. The van der Waals surface area contributed by atoms with E-state index in [1.54, 1.807) is 6.92 Å². The number of carbonyl (C=O) groups excluding carboxylic acids is 2. The fourth-order valence-corrected chi connectivity index (χ4v) is 3.06. The van der Waals surface area contributed by atoms with Crippen molar-refractivity contribution in [3.05, 3.63) is 35.9 Å². The van der Waals surface area contributed by atoms with Crippen LogP contribution in [0, 0.1) is 11.3 Å². The van der Waals surface area contributed by atoms with Crippen molar-refractivity contribution in [3.8, 4) is 0 Å². The van der Waals surface area contributed by atoms with Crippen LogP contribution in [0.5, 0.6) is 0 Å². The number of hydrogen-bond donors (Lipinski definition) is 0. The Morgan fingerprint density at radius 2 is 1.59 bits per heavy atom. The number of hydrogen-bond acceptors (Lipinski definition) is 5. The van der Waals surface area contributed by atoms with Gasteiger partial charge in [0.15, 0.2) is 6.04 Å². The molecule has 0 aliphatic heterocycles. The average molecular weight is 404 g/mol. The Balaban J connectivity index is 3.44. The summed E-state index contributed by atoms with van der Waals surface area (Å²) in [4.78, 5) is 30.2. The minimum atomic E-state index is -0.780. The van der Waals surface area contributed by atoms with E-state index in [9.17, 15) is 9.59 Å². The molecule has 0 N–H and O–H groups in total. The van der Waals surface area contributed by atoms with Crippen LogP contribution in [-0.2, 0) is 19.1 Å². The topological polar surface area (TPSA) is 65.0 Å². The van der Waals surface area contributed by atoms with Gasteiger partial charge in [-0.15, -0.1) is 0 Å². The van der Waals surface area contributed by atoms with Gasteiger partial charge in [0.05, 0.1) is 13.0 Å². The third-order valence-electron chi connectivity index (χ3n) is 4.38. The van der Waals surface area contributed by atoms with E-state index in [4.69, 9.17) is 14.5 Å². The highest BCUT2D eigenvalue weighted by Crippen LogP contribution is 2.27. The van der Waals surface area contributed by atoms with Crippen molar-refractivity contribution in [3.63, 3.8) is 0 Å². The predicted molar refractivity (Wildman–Crippen MR) is 117 cm³/mol. The average Bonchev–Trinajstić information content (AvgIpc) is 2.59. The lowest BCUT2D eigenvalue weighted by Crippen LogP contribution is -2.38. The molecule has 0 bridgehead atoms. The maximum atomic E-state index is 13.1. The predicted octanol–water partition coefficient (Wildman–Crippen LogP) is 5.21. The Labute approximate surface area is 175 Å². The number of esters is 2. The number of rotatable bonds is 8. The summed E-state index contributed by atoms with van der Waals surface area (Å²) in [5, 5.41) is 0. The van der Waals surface area contributed by atoms with E-state index < -0.39 is 17.6 Å². The molecule has 2 unspecified atom stereocenters. The molecular formula is C24H37NO4. The van der Waals surface area contributed by atoms with Crippen molar-refractivity contribution in [2.24, 2.45) is 16.3 Å². The third-order valence-corrected chi connectivity index (χ3v) is 4.38. The van der Waals surface area contributed by atoms with E-state index in [1.807, 2.05) is 58.0 Å². The van der Waals surface area contributed by atoms with Gasteiger partial charge in [0.1, 0.15) is 5.60 Å². The highest BCUT2D eigenvalue weighted by Gasteiger charge is 2.35. The lowest BCUT2D eigenvalue weighted by Gasteiger charge is -2.29. The van der Waals surface area contributed by atoms with Crippen LogP contribution in [0.15, 0.2) is 35.3 Å². The molecule has 162 valence electrons. The van der Waals surface area contributed by atoms with Crippen LogP contribution in [0.1, 0.15) is 73.8 Å². The summed E-state index contributed by atoms with van der Waals surface area (Å²) in [6.07, 6.45) is 0.738. The molecule has 0 radical (unpaired) electrons. The van der Waals surface area contributed by atoms with Crippen molar-refractivity contribution in [1.29, 1.82) is 0 Å². The van der Waals surface area contributed by atoms with Gasteiger partial charge >= 0.3 is 11.9 Å². The van der Waals surface area contributed by atoms with Crippen LogP contribution >= 0.6 is 0 Å². The molecule has 2 atom stereocenters. The van der Waals surface area contributed by atoms with Gasteiger partial charge in [-0.3, -0.25) is 9.79 Å². The summed E-state index contributed by atoms with van der Waals surface area (Å²) in [7, 11) is 0. The van der Waals surface area contributed by atoms with E-state index in [1.165, 1.54) is 0 Å². The molecule has 1 aromatic rings. The molecular weight excluding hydrogens is 366 g/mol. The maximum absolute atomic E-state index is 13.1. The standard InChI is InChI=1S/C24H37NO4/c1-9-17(16-19(26)28-10-2)20(22(27)29-24(6,7)8)25-21(23(3,4)5)18-14-12-11-13-15-18/h11-15,17,20H,9-10,16H2,1-8H3. The first kappa shape index (κ1) is 24.9. The molecule has 5 heteroatoms. The van der Waals surface area contributed by atoms with Crippen molar-refractivity contribution in [2.45, 2.75) is 79.9 Å². The smallest absolute Gasteiger partial charge is 0.331 e. The fraction of sp³-hybridized carbons (Fsp3) is 0.625. The van der Waals surface area contributed by atoms with Gasteiger partial charge in [0.25, 0.3) is 0 Å². The molecule has 0 aromatic heterocycles. The summed E-state index contributed by atoms with van der Waals surface area (Å²) in [5.74, 6) is -1.03. The van der Waals surface area contributed by atoms with Crippen LogP contribution in [0.4, 0.5) is 0 Å². The first-order valence-electron chi connectivity index (χ1n) is 10.4. The Kier molecular flexibility index (Phi) is 9.06. The fourth-order valence-electron chi connectivity index (χ4n) is 3.06. The quantitative estimate of drug-likeness (QED) is 0.441. The molecule has 0 spiro atoms. The van der Waals surface area contributed by atoms with E-state index in [0.717, 1.165) is 11.3 Å². The van der Waals surface area contributed by atoms with E-state index in [0.29, 0.717) is 13.0 Å². The normalized spacial score (nSPS) is 14.8. The summed E-state index contributed by atoms with van der Waals surface area (Å²) in [6.45, 7) is 15.7. The largest absolute Gasteiger partial charge is 0.466 e. The molecule has 0 heterocycles. The lowest BCUT2D eigenvalue weighted by molar-refractivity contribution is -0.158. The zero-order valence-electron chi connectivity index (χ0n) is 19.2. The first-order valence-corrected chi connectivity index (χ1v) is 10.4. The Morgan fingerprint density at radius 3 is 2.03 bits per heavy atom. The monoisotopic (exact) mass is 403 g/mol. The van der Waals surface area contributed by atoms with Crippen molar-refractivity contribution >= 4 is 17.7 Å². The summed E-state index contributed by atoms with van der Waals surface area (Å²) >= 11 is 0. The molecule has 0 amide bonds. The van der Waals surface area contributed by atoms with Gasteiger partial charge in [-0.2, -0.15) is 0 Å². The van der Waals surface area contributed by atoms with Crippen molar-refractivity contribution in [2.75, 3.05) is 6.61 Å². The van der Waals surface area contributed by atoms with Crippen molar-refractivity contribution in [1.82, 2.24) is 0 Å². The molecule has 1 rings (SSSR count). The minimum absolute atomic E-state index is 0.129. The van der Waals surface area contributed by atoms with Gasteiger partial charge in [-0.25, -0.2) is 4.79 Å². The molecule has 5 nitrogen and oxygen atoms in total. The molecule has 0 fully saturated rings. The number of nitrogens with zero attached hydrogens (tertiary/aromatic N) is 1. The first-order chi connectivity index (χ1) is 13.4. The number of carbonyl (C=O) groups is 2. The highest BCUT2D eigenvalue weighted by atomic mass is 16.6. The van der Waals surface area contributed by atoms with E-state index >= 15 is 0 Å². The van der Waals surface area contributed by atoms with Crippen LogP contribution in [0.2, 0.25) is 0 Å². The van der Waals surface area contributed by atoms with Gasteiger partial charge in [0, 0.05) is 17.0 Å². The Hall–Kier alpha value is -2.17. The molecule has 0 aliphatic rings. The van der Waals surface area contributed by atoms with Gasteiger partial charge < -0.3 is 9.47 Å². The second kappa shape index (κ2) is 10.6. The van der Waals surface area contributed by atoms with E-state index in [2.05, 4.69) is 20.8 Å². The lowest BCUT2D eigenvalue weighted by atomic mass is 9.84. The van der Waals surface area contributed by atoms with Gasteiger partial charge in [-0.1, -0.05) is 64.4 Å². The van der Waals surface area contributed by atoms with Crippen LogP contribution in [0.3, 0.4) is 0 Å². The van der Waals surface area contributed by atoms with Crippen LogP contribution in [-0.4, -0.2) is 35.9 Å². The summed E-state index contributed by atoms with van der Waals surface area (Å²) < 4.78 is 10.8. The minimum Gasteiger partial charge on any atom is -0.466 e. The van der Waals surface area contributed by atoms with Gasteiger partial charge in [0.2, 0.25) is 0 Å². The third kappa shape index (κ3) is 8.38. The number of benzene rings is 1. The molecule has 0 aliphatic carbocycles. The van der Waals surface area contributed by atoms with Gasteiger partial charge in [-0.05, 0) is 33.3 Å². The SMILES string of the molecule is CCOC(=O)CC(CC)C(N=C(c1ccccc1)C(C)(C)C)C(=O)OC(C)(C)C. The van der Waals surface area contributed by atoms with Crippen LogP contribution in [0.25, 0.3) is 0 Å². The zero-order chi connectivity index (χ0) is 22.2. The highest BCUT2D eigenvalue weighted by molar-refractivity contribution is 6.05.